The Morgan fingerprint density at radius 3 is 2.89 bits per heavy atom. The number of aryl methyl sites for hydroxylation is 1. The highest BCUT2D eigenvalue weighted by molar-refractivity contribution is 7.08. The third-order valence-electron chi connectivity index (χ3n) is 4.40. The zero-order chi connectivity index (χ0) is 19.9. The van der Waals surface area contributed by atoms with Crippen molar-refractivity contribution in [3.8, 4) is 17.2 Å². The van der Waals surface area contributed by atoms with Crippen LogP contribution in [-0.2, 0) is 11.2 Å². The Balaban J connectivity index is 1.52. The van der Waals surface area contributed by atoms with Gasteiger partial charge in [0, 0.05) is 30.3 Å². The molecule has 0 aliphatic rings. The molecule has 3 aromatic rings. The standard InChI is InChI=1S/C20H24N4O3S/c1-24(2)17(14-5-4-6-16(11-14)26-3)12-21-18(25)7-8-19-22-23-20(27-19)15-9-10-28-13-15/h4-6,9-11,13,17H,7-8,12H2,1-3H3,(H,21,25)/t17-/m1/s1. The van der Waals surface area contributed by atoms with Crippen LogP contribution in [0.5, 0.6) is 5.75 Å². The van der Waals surface area contributed by atoms with Gasteiger partial charge in [0.2, 0.25) is 17.7 Å². The van der Waals surface area contributed by atoms with Crippen molar-refractivity contribution >= 4 is 17.2 Å². The zero-order valence-electron chi connectivity index (χ0n) is 16.2. The van der Waals surface area contributed by atoms with Gasteiger partial charge in [-0.05, 0) is 43.2 Å². The molecule has 2 aromatic heterocycles. The molecule has 0 saturated heterocycles. The molecule has 3 rings (SSSR count). The lowest BCUT2D eigenvalue weighted by atomic mass is 10.1. The highest BCUT2D eigenvalue weighted by atomic mass is 32.1. The van der Waals surface area contributed by atoms with Crippen molar-refractivity contribution in [1.82, 2.24) is 20.4 Å². The van der Waals surface area contributed by atoms with Gasteiger partial charge in [-0.1, -0.05) is 12.1 Å². The number of amides is 1. The Kier molecular flexibility index (Phi) is 6.78. The number of methoxy groups -OCH3 is 1. The third-order valence-corrected chi connectivity index (χ3v) is 5.08. The molecular weight excluding hydrogens is 376 g/mol. The molecule has 28 heavy (non-hydrogen) atoms. The monoisotopic (exact) mass is 400 g/mol. The maximum atomic E-state index is 12.3. The fourth-order valence-corrected chi connectivity index (χ4v) is 3.45. The number of nitrogens with zero attached hydrogens (tertiary/aromatic N) is 3. The zero-order valence-corrected chi connectivity index (χ0v) is 17.0. The van der Waals surface area contributed by atoms with Crippen LogP contribution in [0.25, 0.3) is 11.5 Å². The van der Waals surface area contributed by atoms with Crippen LogP contribution in [0.1, 0.15) is 23.9 Å². The number of hydrogen-bond donors (Lipinski definition) is 1. The second-order valence-corrected chi connectivity index (χ2v) is 7.35. The SMILES string of the molecule is COc1cccc([C@@H](CNC(=O)CCc2nnc(-c3ccsc3)o2)N(C)C)c1. The van der Waals surface area contributed by atoms with Crippen LogP contribution in [0.2, 0.25) is 0 Å². The van der Waals surface area contributed by atoms with E-state index in [1.807, 2.05) is 55.2 Å². The number of thiophene rings is 1. The Hall–Kier alpha value is -2.71. The van der Waals surface area contributed by atoms with E-state index in [1.54, 1.807) is 18.4 Å². The van der Waals surface area contributed by atoms with E-state index in [1.165, 1.54) is 0 Å². The molecule has 2 heterocycles. The molecule has 0 aliphatic heterocycles. The van der Waals surface area contributed by atoms with Crippen LogP contribution < -0.4 is 10.1 Å². The summed E-state index contributed by atoms with van der Waals surface area (Å²) >= 11 is 1.57. The van der Waals surface area contributed by atoms with Crippen molar-refractivity contribution in [3.63, 3.8) is 0 Å². The number of nitrogens with one attached hydrogen (secondary N) is 1. The van der Waals surface area contributed by atoms with Gasteiger partial charge in [-0.25, -0.2) is 0 Å². The van der Waals surface area contributed by atoms with Crippen LogP contribution in [0.3, 0.4) is 0 Å². The summed E-state index contributed by atoms with van der Waals surface area (Å²) in [6, 6.07) is 9.85. The Labute approximate surface area is 168 Å². The van der Waals surface area contributed by atoms with Crippen molar-refractivity contribution in [3.05, 3.63) is 52.5 Å². The second-order valence-electron chi connectivity index (χ2n) is 6.57. The molecule has 8 heteroatoms. The van der Waals surface area contributed by atoms with Crippen LogP contribution >= 0.6 is 11.3 Å². The highest BCUT2D eigenvalue weighted by Gasteiger charge is 2.17. The maximum Gasteiger partial charge on any atom is 0.248 e. The van der Waals surface area contributed by atoms with Crippen LogP contribution in [0.4, 0.5) is 0 Å². The van der Waals surface area contributed by atoms with Gasteiger partial charge in [-0.2, -0.15) is 11.3 Å². The first kappa shape index (κ1) is 20.0. The average Bonchev–Trinajstić information content (AvgIpc) is 3.38. The van der Waals surface area contributed by atoms with Gasteiger partial charge in [0.15, 0.2) is 0 Å². The molecule has 1 aromatic carbocycles. The van der Waals surface area contributed by atoms with Crippen LogP contribution in [0, 0.1) is 0 Å². The average molecular weight is 401 g/mol. The second kappa shape index (κ2) is 9.48. The minimum atomic E-state index is -0.0509. The van der Waals surface area contributed by atoms with E-state index in [0.717, 1.165) is 16.9 Å². The number of hydrogen-bond acceptors (Lipinski definition) is 7. The van der Waals surface area contributed by atoms with Gasteiger partial charge in [0.05, 0.1) is 13.2 Å². The van der Waals surface area contributed by atoms with E-state index in [0.29, 0.717) is 31.2 Å². The molecule has 1 N–H and O–H groups in total. The van der Waals surface area contributed by atoms with E-state index in [9.17, 15) is 4.79 Å². The number of rotatable bonds is 9. The summed E-state index contributed by atoms with van der Waals surface area (Å²) in [6.45, 7) is 0.503. The number of benzene rings is 1. The number of likely N-dealkylation sites (N-methyl/N-ethyl adjacent to an activating group) is 1. The molecule has 7 nitrogen and oxygen atoms in total. The first-order valence-corrected chi connectivity index (χ1v) is 9.93. The molecule has 0 fully saturated rings. The molecular formula is C20H24N4O3S. The lowest BCUT2D eigenvalue weighted by molar-refractivity contribution is -0.121. The van der Waals surface area contributed by atoms with E-state index < -0.39 is 0 Å². The van der Waals surface area contributed by atoms with Gasteiger partial charge >= 0.3 is 0 Å². The molecule has 0 radical (unpaired) electrons. The molecule has 1 atom stereocenters. The van der Waals surface area contributed by atoms with Gasteiger partial charge in [-0.15, -0.1) is 10.2 Å². The molecule has 0 unspecified atom stereocenters. The van der Waals surface area contributed by atoms with Crippen LogP contribution in [-0.4, -0.2) is 48.8 Å². The predicted octanol–water partition coefficient (Wildman–Crippen LogP) is 3.16. The predicted molar refractivity (Wildman–Crippen MR) is 108 cm³/mol. The Bertz CT molecular complexity index is 893. The van der Waals surface area contributed by atoms with Crippen molar-refractivity contribution < 1.29 is 13.9 Å². The van der Waals surface area contributed by atoms with E-state index in [-0.39, 0.29) is 11.9 Å². The fraction of sp³-hybridized carbons (Fsp3) is 0.350. The summed E-state index contributed by atoms with van der Waals surface area (Å²) in [5, 5.41) is 14.9. The summed E-state index contributed by atoms with van der Waals surface area (Å²) in [4.78, 5) is 14.4. The Morgan fingerprint density at radius 2 is 2.18 bits per heavy atom. The van der Waals surface area contributed by atoms with Crippen molar-refractivity contribution in [2.45, 2.75) is 18.9 Å². The lowest BCUT2D eigenvalue weighted by Gasteiger charge is -2.25. The maximum absolute atomic E-state index is 12.3. The number of aromatic nitrogens is 2. The normalized spacial score (nSPS) is 12.1. The summed E-state index contributed by atoms with van der Waals surface area (Å²) in [5.74, 6) is 1.70. The number of ether oxygens (including phenoxy) is 1. The fourth-order valence-electron chi connectivity index (χ4n) is 2.82. The van der Waals surface area contributed by atoms with E-state index in [2.05, 4.69) is 20.4 Å². The molecule has 148 valence electrons. The molecule has 0 spiro atoms. The summed E-state index contributed by atoms with van der Waals surface area (Å²) in [7, 11) is 5.62. The van der Waals surface area contributed by atoms with Crippen LogP contribution in [0.15, 0.2) is 45.5 Å². The molecule has 0 saturated carbocycles. The van der Waals surface area contributed by atoms with E-state index in [4.69, 9.17) is 9.15 Å². The first-order chi connectivity index (χ1) is 13.6. The molecule has 0 aliphatic carbocycles. The third kappa shape index (κ3) is 5.17. The Morgan fingerprint density at radius 1 is 1.32 bits per heavy atom. The van der Waals surface area contributed by atoms with E-state index >= 15 is 0 Å². The highest BCUT2D eigenvalue weighted by Crippen LogP contribution is 2.22. The molecule has 1 amide bonds. The van der Waals surface area contributed by atoms with Gasteiger partial charge in [0.1, 0.15) is 5.75 Å². The topological polar surface area (TPSA) is 80.5 Å². The van der Waals surface area contributed by atoms with Gasteiger partial charge in [-0.3, -0.25) is 4.79 Å². The summed E-state index contributed by atoms with van der Waals surface area (Å²) in [6.07, 6.45) is 0.707. The molecule has 0 bridgehead atoms. The quantitative estimate of drug-likeness (QED) is 0.594. The number of carbonyl (C=O) groups is 1. The van der Waals surface area contributed by atoms with Crippen molar-refractivity contribution in [2.24, 2.45) is 0 Å². The van der Waals surface area contributed by atoms with Gasteiger partial charge in [0.25, 0.3) is 0 Å². The minimum absolute atomic E-state index is 0.0487. The van der Waals surface area contributed by atoms with Gasteiger partial charge < -0.3 is 19.4 Å². The minimum Gasteiger partial charge on any atom is -0.497 e. The number of carbonyl (C=O) groups excluding carboxylic acids is 1. The smallest absolute Gasteiger partial charge is 0.248 e. The largest absolute Gasteiger partial charge is 0.497 e. The van der Waals surface area contributed by atoms with Crippen molar-refractivity contribution in [1.29, 1.82) is 0 Å². The first-order valence-electron chi connectivity index (χ1n) is 8.99. The van der Waals surface area contributed by atoms with Crippen molar-refractivity contribution in [2.75, 3.05) is 27.7 Å². The lowest BCUT2D eigenvalue weighted by Crippen LogP contribution is -2.34. The summed E-state index contributed by atoms with van der Waals surface area (Å²) in [5.41, 5.74) is 1.99. The summed E-state index contributed by atoms with van der Waals surface area (Å²) < 4.78 is 10.9.